The van der Waals surface area contributed by atoms with E-state index in [1.165, 1.54) is 0 Å². The number of rotatable bonds is 4. The molecule has 4 rings (SSSR count). The van der Waals surface area contributed by atoms with Crippen LogP contribution in [0.1, 0.15) is 32.9 Å². The number of carbonyl (C=O) groups is 2. The van der Waals surface area contributed by atoms with Crippen LogP contribution < -0.4 is 5.32 Å². The minimum Gasteiger partial charge on any atom is -0.456 e. The zero-order valence-corrected chi connectivity index (χ0v) is 14.7. The predicted molar refractivity (Wildman–Crippen MR) is 102 cm³/mol. The number of hydrogen-bond donors (Lipinski definition) is 2. The second-order valence-electron chi connectivity index (χ2n) is 6.27. The highest BCUT2D eigenvalue weighted by molar-refractivity contribution is 6.34. The molecule has 0 unspecified atom stereocenters. The molecule has 0 fully saturated rings. The number of pyridine rings is 1. The van der Waals surface area contributed by atoms with Crippen LogP contribution in [0.25, 0.3) is 11.6 Å². The van der Waals surface area contributed by atoms with E-state index in [-0.39, 0.29) is 12.5 Å². The minimum absolute atomic E-state index is 0.160. The highest BCUT2D eigenvalue weighted by Gasteiger charge is 2.24. The van der Waals surface area contributed by atoms with Gasteiger partial charge in [0.25, 0.3) is 5.91 Å². The molecule has 27 heavy (non-hydrogen) atoms. The first-order valence-electron chi connectivity index (χ1n) is 8.50. The van der Waals surface area contributed by atoms with Crippen LogP contribution in [0.5, 0.6) is 0 Å². The Hall–Kier alpha value is -3.67. The molecule has 2 aromatic heterocycles. The van der Waals surface area contributed by atoms with E-state index in [1.54, 1.807) is 36.7 Å². The second-order valence-corrected chi connectivity index (χ2v) is 6.27. The zero-order chi connectivity index (χ0) is 18.8. The van der Waals surface area contributed by atoms with Gasteiger partial charge in [-0.15, -0.1) is 0 Å². The summed E-state index contributed by atoms with van der Waals surface area (Å²) in [5.74, 6) is -0.608. The van der Waals surface area contributed by atoms with Crippen molar-refractivity contribution >= 4 is 29.2 Å². The van der Waals surface area contributed by atoms with E-state index in [1.807, 2.05) is 31.2 Å². The molecule has 0 aliphatic carbocycles. The molecule has 3 heterocycles. The molecule has 1 aromatic carbocycles. The number of aryl methyl sites for hydroxylation is 1. The Bertz CT molecular complexity index is 1050. The van der Waals surface area contributed by atoms with E-state index in [0.29, 0.717) is 17.0 Å². The average Bonchev–Trinajstić information content (AvgIpc) is 3.21. The van der Waals surface area contributed by atoms with E-state index in [9.17, 15) is 9.59 Å². The summed E-state index contributed by atoms with van der Waals surface area (Å²) in [5, 5.41) is 2.84. The van der Waals surface area contributed by atoms with Crippen molar-refractivity contribution in [2.75, 3.05) is 5.32 Å². The SMILES string of the molecule is Cc1cc(C(=O)OCc2ccncc2)[nH]c1C=C1C(=O)Nc2ccccc21. The van der Waals surface area contributed by atoms with Crippen LogP contribution in [0.3, 0.4) is 0 Å². The molecule has 134 valence electrons. The molecule has 0 radical (unpaired) electrons. The molecule has 0 spiro atoms. The minimum atomic E-state index is -0.448. The van der Waals surface area contributed by atoms with Crippen LogP contribution in [0.15, 0.2) is 54.9 Å². The van der Waals surface area contributed by atoms with Gasteiger partial charge in [0.05, 0.1) is 5.57 Å². The lowest BCUT2D eigenvalue weighted by molar-refractivity contribution is -0.110. The molecular formula is C21H17N3O3. The van der Waals surface area contributed by atoms with Gasteiger partial charge < -0.3 is 15.0 Å². The fourth-order valence-electron chi connectivity index (χ4n) is 2.97. The Morgan fingerprint density at radius 1 is 1.19 bits per heavy atom. The van der Waals surface area contributed by atoms with Crippen molar-refractivity contribution in [3.63, 3.8) is 0 Å². The maximum atomic E-state index is 12.3. The highest BCUT2D eigenvalue weighted by Crippen LogP contribution is 2.33. The van der Waals surface area contributed by atoms with Gasteiger partial charge in [-0.2, -0.15) is 0 Å². The number of benzene rings is 1. The third kappa shape index (κ3) is 3.37. The van der Waals surface area contributed by atoms with Gasteiger partial charge in [-0.3, -0.25) is 9.78 Å². The summed E-state index contributed by atoms with van der Waals surface area (Å²) in [6.45, 7) is 2.05. The Kier molecular flexibility index (Phi) is 4.30. The van der Waals surface area contributed by atoms with Gasteiger partial charge >= 0.3 is 5.97 Å². The van der Waals surface area contributed by atoms with Crippen molar-refractivity contribution in [3.8, 4) is 0 Å². The number of amides is 1. The van der Waals surface area contributed by atoms with Crippen LogP contribution in [0.4, 0.5) is 5.69 Å². The molecule has 1 amide bonds. The molecule has 3 aromatic rings. The number of fused-ring (bicyclic) bond motifs is 1. The third-order valence-electron chi connectivity index (χ3n) is 4.39. The molecule has 6 nitrogen and oxygen atoms in total. The number of ether oxygens (including phenoxy) is 1. The number of aromatic amines is 1. The molecule has 0 saturated heterocycles. The number of anilines is 1. The molecule has 2 N–H and O–H groups in total. The maximum absolute atomic E-state index is 12.3. The quantitative estimate of drug-likeness (QED) is 0.551. The lowest BCUT2D eigenvalue weighted by Crippen LogP contribution is -2.06. The standard InChI is InChI=1S/C21H17N3O3/c1-13-10-19(21(26)27-12-14-6-8-22-9-7-14)23-18(13)11-16-15-4-2-3-5-17(15)24-20(16)25/h2-11,23H,12H2,1H3,(H,24,25). The van der Waals surface area contributed by atoms with Crippen molar-refractivity contribution in [1.82, 2.24) is 9.97 Å². The van der Waals surface area contributed by atoms with E-state index in [4.69, 9.17) is 4.74 Å². The number of aromatic nitrogens is 2. The summed E-state index contributed by atoms with van der Waals surface area (Å²) in [6.07, 6.45) is 5.06. The normalized spacial score (nSPS) is 14.1. The van der Waals surface area contributed by atoms with Crippen molar-refractivity contribution in [2.24, 2.45) is 0 Å². The number of nitrogens with one attached hydrogen (secondary N) is 2. The molecule has 0 bridgehead atoms. The Morgan fingerprint density at radius 3 is 2.78 bits per heavy atom. The number of para-hydroxylation sites is 1. The summed E-state index contributed by atoms with van der Waals surface area (Å²) >= 11 is 0. The van der Waals surface area contributed by atoms with E-state index in [2.05, 4.69) is 15.3 Å². The Labute approximate surface area is 155 Å². The smallest absolute Gasteiger partial charge is 0.355 e. The topological polar surface area (TPSA) is 84.1 Å². The van der Waals surface area contributed by atoms with Crippen LogP contribution in [-0.4, -0.2) is 21.8 Å². The van der Waals surface area contributed by atoms with Crippen molar-refractivity contribution in [1.29, 1.82) is 0 Å². The largest absolute Gasteiger partial charge is 0.456 e. The number of H-pyrrole nitrogens is 1. The van der Waals surface area contributed by atoms with Gasteiger partial charge in [0, 0.05) is 29.3 Å². The molecule has 0 saturated carbocycles. The van der Waals surface area contributed by atoms with Crippen molar-refractivity contribution in [2.45, 2.75) is 13.5 Å². The number of carbonyl (C=O) groups excluding carboxylic acids is 2. The Balaban J connectivity index is 1.55. The second kappa shape index (κ2) is 6.92. The number of hydrogen-bond acceptors (Lipinski definition) is 4. The summed E-state index contributed by atoms with van der Waals surface area (Å²) in [7, 11) is 0. The average molecular weight is 359 g/mol. The van der Waals surface area contributed by atoms with Gasteiger partial charge in [0.1, 0.15) is 12.3 Å². The summed E-state index contributed by atoms with van der Waals surface area (Å²) in [6, 6.07) is 12.8. The maximum Gasteiger partial charge on any atom is 0.355 e. The van der Waals surface area contributed by atoms with Gasteiger partial charge in [0.2, 0.25) is 0 Å². The van der Waals surface area contributed by atoms with Gasteiger partial charge in [-0.1, -0.05) is 18.2 Å². The summed E-state index contributed by atoms with van der Waals surface area (Å²) < 4.78 is 5.33. The van der Waals surface area contributed by atoms with Crippen LogP contribution >= 0.6 is 0 Å². The first-order chi connectivity index (χ1) is 13.1. The van der Waals surface area contributed by atoms with E-state index < -0.39 is 5.97 Å². The molecule has 6 heteroatoms. The highest BCUT2D eigenvalue weighted by atomic mass is 16.5. The van der Waals surface area contributed by atoms with E-state index >= 15 is 0 Å². The van der Waals surface area contributed by atoms with E-state index in [0.717, 1.165) is 22.4 Å². The fourth-order valence-corrected chi connectivity index (χ4v) is 2.97. The van der Waals surface area contributed by atoms with Gasteiger partial charge in [-0.05, 0) is 48.4 Å². The summed E-state index contributed by atoms with van der Waals surface area (Å²) in [5.41, 5.74) is 4.96. The molecular weight excluding hydrogens is 342 g/mol. The Morgan fingerprint density at radius 2 is 1.96 bits per heavy atom. The lowest BCUT2D eigenvalue weighted by Gasteiger charge is -2.03. The zero-order valence-electron chi connectivity index (χ0n) is 14.7. The fraction of sp³-hybridized carbons (Fsp3) is 0.0952. The monoisotopic (exact) mass is 359 g/mol. The number of nitrogens with zero attached hydrogens (tertiary/aromatic N) is 1. The first-order valence-corrected chi connectivity index (χ1v) is 8.50. The van der Waals surface area contributed by atoms with Crippen LogP contribution in [-0.2, 0) is 16.1 Å². The van der Waals surface area contributed by atoms with Crippen LogP contribution in [0, 0.1) is 6.92 Å². The third-order valence-corrected chi connectivity index (χ3v) is 4.39. The first kappa shape index (κ1) is 16.8. The molecule has 1 aliphatic heterocycles. The van der Waals surface area contributed by atoms with Crippen LogP contribution in [0.2, 0.25) is 0 Å². The molecule has 1 aliphatic rings. The summed E-state index contributed by atoms with van der Waals surface area (Å²) in [4.78, 5) is 31.6. The van der Waals surface area contributed by atoms with Gasteiger partial charge in [0.15, 0.2) is 0 Å². The van der Waals surface area contributed by atoms with Crippen molar-refractivity contribution in [3.05, 3.63) is 82.9 Å². The lowest BCUT2D eigenvalue weighted by atomic mass is 10.1. The number of esters is 1. The molecule has 0 atom stereocenters. The van der Waals surface area contributed by atoms with Crippen molar-refractivity contribution < 1.29 is 14.3 Å². The van der Waals surface area contributed by atoms with Gasteiger partial charge in [-0.25, -0.2) is 4.79 Å². The predicted octanol–water partition coefficient (Wildman–Crippen LogP) is 3.57.